The van der Waals surface area contributed by atoms with Crippen molar-refractivity contribution in [3.63, 3.8) is 0 Å². The van der Waals surface area contributed by atoms with E-state index < -0.39 is 12.1 Å². The number of rotatable bonds is 4. The zero-order valence-electron chi connectivity index (χ0n) is 15.0. The summed E-state index contributed by atoms with van der Waals surface area (Å²) in [6.07, 6.45) is 3.39. The third kappa shape index (κ3) is 4.31. The molecule has 0 fully saturated rings. The quantitative estimate of drug-likeness (QED) is 0.542. The van der Waals surface area contributed by atoms with Crippen molar-refractivity contribution in [2.45, 2.75) is 65.5 Å². The molecule has 1 aliphatic rings. The van der Waals surface area contributed by atoms with Crippen LogP contribution in [0, 0.1) is 5.41 Å². The molecule has 24 heavy (non-hydrogen) atoms. The standard InChI is InChI=1S/C21H27F3/c1-5-18(21(22,23)24)17-10-6-9-16(14-17)11-12-19-15(2)8-7-13-20(19,3)4/h6,9-12,14,18H,5,7-8,13H2,1-4H3/b12-11+. The number of alkyl halides is 3. The van der Waals surface area contributed by atoms with Gasteiger partial charge in [0, 0.05) is 0 Å². The van der Waals surface area contributed by atoms with Crippen molar-refractivity contribution in [3.05, 3.63) is 52.6 Å². The first kappa shape index (κ1) is 18.8. The first-order chi connectivity index (χ1) is 11.1. The monoisotopic (exact) mass is 336 g/mol. The maximum absolute atomic E-state index is 13.1. The molecule has 1 aliphatic carbocycles. The van der Waals surface area contributed by atoms with Gasteiger partial charge in [-0.1, -0.05) is 62.8 Å². The molecule has 132 valence electrons. The van der Waals surface area contributed by atoms with Gasteiger partial charge >= 0.3 is 6.18 Å². The average Bonchev–Trinajstić information content (AvgIpc) is 2.45. The zero-order valence-corrected chi connectivity index (χ0v) is 15.0. The molecule has 0 aliphatic heterocycles. The lowest BCUT2D eigenvalue weighted by Gasteiger charge is -2.32. The largest absolute Gasteiger partial charge is 0.395 e. The number of benzene rings is 1. The van der Waals surface area contributed by atoms with Crippen LogP contribution in [0.3, 0.4) is 0 Å². The lowest BCUT2D eigenvalue weighted by Crippen LogP contribution is -2.20. The van der Waals surface area contributed by atoms with E-state index in [4.69, 9.17) is 0 Å². The minimum absolute atomic E-state index is 0.0635. The summed E-state index contributed by atoms with van der Waals surface area (Å²) in [5.74, 6) is -1.39. The van der Waals surface area contributed by atoms with Crippen LogP contribution in [-0.4, -0.2) is 6.18 Å². The Kier molecular flexibility index (Phi) is 5.62. The molecule has 0 heterocycles. The van der Waals surface area contributed by atoms with Crippen molar-refractivity contribution in [1.82, 2.24) is 0 Å². The molecule has 0 nitrogen and oxygen atoms in total. The maximum Gasteiger partial charge on any atom is 0.395 e. The van der Waals surface area contributed by atoms with Gasteiger partial charge in [0.25, 0.3) is 0 Å². The molecule has 3 heteroatoms. The Morgan fingerprint density at radius 2 is 1.92 bits per heavy atom. The van der Waals surface area contributed by atoms with Crippen molar-refractivity contribution in [1.29, 1.82) is 0 Å². The predicted octanol–water partition coefficient (Wildman–Crippen LogP) is 7.28. The van der Waals surface area contributed by atoms with Gasteiger partial charge in [0.15, 0.2) is 0 Å². The lowest BCUT2D eigenvalue weighted by molar-refractivity contribution is -0.151. The van der Waals surface area contributed by atoms with Gasteiger partial charge in [-0.25, -0.2) is 0 Å². The van der Waals surface area contributed by atoms with Crippen molar-refractivity contribution in [2.24, 2.45) is 5.41 Å². The van der Waals surface area contributed by atoms with Crippen LogP contribution in [0.2, 0.25) is 0 Å². The molecule has 0 saturated carbocycles. The fraction of sp³-hybridized carbons (Fsp3) is 0.524. The number of allylic oxidation sites excluding steroid dienone is 3. The van der Waals surface area contributed by atoms with Crippen molar-refractivity contribution < 1.29 is 13.2 Å². The molecular formula is C21H27F3. The van der Waals surface area contributed by atoms with Crippen molar-refractivity contribution >= 4 is 6.08 Å². The summed E-state index contributed by atoms with van der Waals surface area (Å²) in [5.41, 5.74) is 4.02. The molecule has 0 N–H and O–H groups in total. The second kappa shape index (κ2) is 7.16. The van der Waals surface area contributed by atoms with E-state index >= 15 is 0 Å². The number of halogens is 3. The Bertz CT molecular complexity index is 633. The van der Waals surface area contributed by atoms with Crippen LogP contribution in [0.4, 0.5) is 13.2 Å². The molecular weight excluding hydrogens is 309 g/mol. The first-order valence-electron chi connectivity index (χ1n) is 8.70. The van der Waals surface area contributed by atoms with E-state index in [1.54, 1.807) is 25.1 Å². The molecule has 0 saturated heterocycles. The minimum atomic E-state index is -4.19. The highest BCUT2D eigenvalue weighted by atomic mass is 19.4. The minimum Gasteiger partial charge on any atom is -0.170 e. The summed E-state index contributed by atoms with van der Waals surface area (Å²) in [7, 11) is 0. The zero-order chi connectivity index (χ0) is 18.0. The van der Waals surface area contributed by atoms with E-state index in [1.165, 1.54) is 17.6 Å². The Hall–Kier alpha value is -1.51. The predicted molar refractivity (Wildman–Crippen MR) is 94.9 cm³/mol. The second-order valence-corrected chi connectivity index (χ2v) is 7.44. The van der Waals surface area contributed by atoms with Crippen LogP contribution in [0.15, 0.2) is 41.5 Å². The van der Waals surface area contributed by atoms with Gasteiger partial charge in [0.1, 0.15) is 0 Å². The first-order valence-corrected chi connectivity index (χ1v) is 8.70. The van der Waals surface area contributed by atoms with E-state index in [0.717, 1.165) is 18.4 Å². The summed E-state index contributed by atoms with van der Waals surface area (Å²) in [6.45, 7) is 8.22. The fourth-order valence-electron chi connectivity index (χ4n) is 3.73. The van der Waals surface area contributed by atoms with Gasteiger partial charge < -0.3 is 0 Å². The van der Waals surface area contributed by atoms with Crippen molar-refractivity contribution in [2.75, 3.05) is 0 Å². The van der Waals surface area contributed by atoms with Crippen LogP contribution >= 0.6 is 0 Å². The molecule has 2 rings (SSSR count). The maximum atomic E-state index is 13.1. The van der Waals surface area contributed by atoms with Gasteiger partial charge in [0.05, 0.1) is 5.92 Å². The van der Waals surface area contributed by atoms with E-state index in [1.807, 2.05) is 12.1 Å². The summed E-state index contributed by atoms with van der Waals surface area (Å²) in [4.78, 5) is 0. The van der Waals surface area contributed by atoms with Crippen LogP contribution in [0.25, 0.3) is 6.08 Å². The van der Waals surface area contributed by atoms with Crippen LogP contribution in [-0.2, 0) is 0 Å². The molecule has 0 radical (unpaired) electrons. The highest BCUT2D eigenvalue weighted by molar-refractivity contribution is 5.56. The third-order valence-corrected chi connectivity index (χ3v) is 5.10. The normalized spacial score (nSPS) is 19.8. The number of hydrogen-bond acceptors (Lipinski definition) is 0. The molecule has 1 unspecified atom stereocenters. The van der Waals surface area contributed by atoms with Crippen LogP contribution in [0.5, 0.6) is 0 Å². The molecule has 1 atom stereocenters. The van der Waals surface area contributed by atoms with E-state index in [0.29, 0.717) is 5.56 Å². The van der Waals surface area contributed by atoms with Gasteiger partial charge in [-0.3, -0.25) is 0 Å². The Labute approximate surface area is 143 Å². The Morgan fingerprint density at radius 1 is 1.21 bits per heavy atom. The fourth-order valence-corrected chi connectivity index (χ4v) is 3.73. The average molecular weight is 336 g/mol. The van der Waals surface area contributed by atoms with Crippen LogP contribution < -0.4 is 0 Å². The van der Waals surface area contributed by atoms with Crippen LogP contribution in [0.1, 0.15) is 70.4 Å². The molecule has 0 amide bonds. The van der Waals surface area contributed by atoms with E-state index in [2.05, 4.69) is 26.8 Å². The summed E-state index contributed by atoms with van der Waals surface area (Å²) >= 11 is 0. The molecule has 1 aromatic rings. The second-order valence-electron chi connectivity index (χ2n) is 7.44. The van der Waals surface area contributed by atoms with Gasteiger partial charge in [0.2, 0.25) is 0 Å². The SMILES string of the molecule is CCC(c1cccc(/C=C/C2=C(C)CCCC2(C)C)c1)C(F)(F)F. The summed E-state index contributed by atoms with van der Waals surface area (Å²) in [6, 6.07) is 6.84. The Morgan fingerprint density at radius 3 is 2.50 bits per heavy atom. The van der Waals surface area contributed by atoms with Gasteiger partial charge in [-0.2, -0.15) is 13.2 Å². The molecule has 0 bridgehead atoms. The lowest BCUT2D eigenvalue weighted by atomic mass is 9.72. The molecule has 0 aromatic heterocycles. The summed E-state index contributed by atoms with van der Waals surface area (Å²) in [5, 5.41) is 0. The molecule has 0 spiro atoms. The smallest absolute Gasteiger partial charge is 0.170 e. The Balaban J connectivity index is 2.30. The summed E-state index contributed by atoms with van der Waals surface area (Å²) < 4.78 is 39.4. The highest BCUT2D eigenvalue weighted by Crippen LogP contribution is 2.41. The molecule has 1 aromatic carbocycles. The highest BCUT2D eigenvalue weighted by Gasteiger charge is 2.39. The van der Waals surface area contributed by atoms with Gasteiger partial charge in [-0.05, 0) is 54.7 Å². The van der Waals surface area contributed by atoms with Gasteiger partial charge in [-0.15, -0.1) is 0 Å². The van der Waals surface area contributed by atoms with Crippen molar-refractivity contribution in [3.8, 4) is 0 Å². The third-order valence-electron chi connectivity index (χ3n) is 5.10. The van der Waals surface area contributed by atoms with E-state index in [9.17, 15) is 13.2 Å². The topological polar surface area (TPSA) is 0 Å². The number of hydrogen-bond donors (Lipinski definition) is 0. The van der Waals surface area contributed by atoms with E-state index in [-0.39, 0.29) is 11.8 Å².